The van der Waals surface area contributed by atoms with Crippen molar-refractivity contribution < 1.29 is 4.79 Å². The first-order valence-electron chi connectivity index (χ1n) is 7.44. The van der Waals surface area contributed by atoms with E-state index >= 15 is 0 Å². The molecular formula is C17H18BrN3O. The Morgan fingerprint density at radius 1 is 1.36 bits per heavy atom. The molecule has 0 spiro atoms. The predicted molar refractivity (Wildman–Crippen MR) is 91.1 cm³/mol. The summed E-state index contributed by atoms with van der Waals surface area (Å²) in [7, 11) is 0. The van der Waals surface area contributed by atoms with Crippen molar-refractivity contribution in [3.8, 4) is 0 Å². The van der Waals surface area contributed by atoms with Gasteiger partial charge in [0.2, 0.25) is 0 Å². The number of nitrogens with one attached hydrogen (secondary N) is 1. The summed E-state index contributed by atoms with van der Waals surface area (Å²) in [4.78, 5) is 18.5. The van der Waals surface area contributed by atoms with Crippen molar-refractivity contribution in [2.24, 2.45) is 0 Å². The molecule has 1 N–H and O–H groups in total. The fraction of sp³-hybridized carbons (Fsp3) is 0.294. The zero-order valence-corrected chi connectivity index (χ0v) is 14.1. The molecule has 0 unspecified atom stereocenters. The molecule has 5 heteroatoms. The largest absolute Gasteiger partial charge is 0.352 e. The minimum absolute atomic E-state index is 0.0757. The van der Waals surface area contributed by atoms with Crippen molar-refractivity contribution in [3.05, 3.63) is 57.7 Å². The SMILES string of the molecule is CCNC(=O)c1ccc(N2CCc3cccc(Br)c3C2)nc1. The Morgan fingerprint density at radius 3 is 2.95 bits per heavy atom. The van der Waals surface area contributed by atoms with Crippen LogP contribution in [0.3, 0.4) is 0 Å². The Hall–Kier alpha value is -1.88. The summed E-state index contributed by atoms with van der Waals surface area (Å²) in [5, 5.41) is 2.78. The number of pyridine rings is 1. The highest BCUT2D eigenvalue weighted by Gasteiger charge is 2.19. The smallest absolute Gasteiger partial charge is 0.252 e. The lowest BCUT2D eigenvalue weighted by Gasteiger charge is -2.30. The lowest BCUT2D eigenvalue weighted by molar-refractivity contribution is 0.0955. The Kier molecular flexibility index (Phi) is 4.43. The summed E-state index contributed by atoms with van der Waals surface area (Å²) in [6.45, 7) is 4.31. The zero-order valence-electron chi connectivity index (χ0n) is 12.5. The number of aromatic nitrogens is 1. The fourth-order valence-corrected chi connectivity index (χ4v) is 3.24. The van der Waals surface area contributed by atoms with Crippen molar-refractivity contribution in [1.29, 1.82) is 0 Å². The molecule has 22 heavy (non-hydrogen) atoms. The second kappa shape index (κ2) is 6.48. The van der Waals surface area contributed by atoms with Crippen LogP contribution in [0.1, 0.15) is 28.4 Å². The van der Waals surface area contributed by atoms with E-state index < -0.39 is 0 Å². The van der Waals surface area contributed by atoms with Gasteiger partial charge in [0.25, 0.3) is 5.91 Å². The van der Waals surface area contributed by atoms with Gasteiger partial charge >= 0.3 is 0 Å². The number of carbonyl (C=O) groups is 1. The normalized spacial score (nSPS) is 13.6. The van der Waals surface area contributed by atoms with Crippen molar-refractivity contribution in [2.45, 2.75) is 19.9 Å². The van der Waals surface area contributed by atoms with E-state index in [1.165, 1.54) is 11.1 Å². The molecule has 2 heterocycles. The zero-order chi connectivity index (χ0) is 15.5. The number of carbonyl (C=O) groups excluding carboxylic acids is 1. The monoisotopic (exact) mass is 359 g/mol. The van der Waals surface area contributed by atoms with E-state index in [0.717, 1.165) is 29.8 Å². The Balaban J connectivity index is 1.78. The molecule has 0 saturated carbocycles. The number of fused-ring (bicyclic) bond motifs is 1. The van der Waals surface area contributed by atoms with Gasteiger partial charge in [-0.1, -0.05) is 28.1 Å². The first-order chi connectivity index (χ1) is 10.7. The van der Waals surface area contributed by atoms with Gasteiger partial charge in [0.05, 0.1) is 5.56 Å². The second-order valence-corrected chi connectivity index (χ2v) is 6.17. The molecule has 0 radical (unpaired) electrons. The molecule has 1 aliphatic heterocycles. The highest BCUT2D eigenvalue weighted by atomic mass is 79.9. The lowest BCUT2D eigenvalue weighted by Crippen LogP contribution is -2.31. The molecule has 4 nitrogen and oxygen atoms in total. The summed E-state index contributed by atoms with van der Waals surface area (Å²) < 4.78 is 1.15. The molecule has 0 saturated heterocycles. The third kappa shape index (κ3) is 2.99. The highest BCUT2D eigenvalue weighted by Crippen LogP contribution is 2.28. The third-order valence-electron chi connectivity index (χ3n) is 3.89. The summed E-state index contributed by atoms with van der Waals surface area (Å²) in [6, 6.07) is 10.1. The maximum atomic E-state index is 11.8. The molecule has 0 aliphatic carbocycles. The van der Waals surface area contributed by atoms with Crippen molar-refractivity contribution in [1.82, 2.24) is 10.3 Å². The molecule has 1 aromatic heterocycles. The van der Waals surface area contributed by atoms with Crippen LogP contribution in [0.2, 0.25) is 0 Å². The summed E-state index contributed by atoms with van der Waals surface area (Å²) in [6.07, 6.45) is 2.66. The van der Waals surface area contributed by atoms with Crippen LogP contribution >= 0.6 is 15.9 Å². The number of nitrogens with zero attached hydrogens (tertiary/aromatic N) is 2. The van der Waals surface area contributed by atoms with Gasteiger partial charge < -0.3 is 10.2 Å². The van der Waals surface area contributed by atoms with Gasteiger partial charge in [0.1, 0.15) is 5.82 Å². The first kappa shape index (κ1) is 15.0. The maximum Gasteiger partial charge on any atom is 0.252 e. The van der Waals surface area contributed by atoms with E-state index in [1.807, 2.05) is 19.1 Å². The van der Waals surface area contributed by atoms with Gasteiger partial charge in [-0.15, -0.1) is 0 Å². The molecule has 0 bridgehead atoms. The van der Waals surface area contributed by atoms with E-state index in [-0.39, 0.29) is 5.91 Å². The topological polar surface area (TPSA) is 45.2 Å². The van der Waals surface area contributed by atoms with E-state index in [9.17, 15) is 4.79 Å². The van der Waals surface area contributed by atoms with Crippen molar-refractivity contribution in [2.75, 3.05) is 18.0 Å². The average Bonchev–Trinajstić information content (AvgIpc) is 2.55. The van der Waals surface area contributed by atoms with E-state index in [2.05, 4.69) is 49.3 Å². The van der Waals surface area contributed by atoms with Crippen LogP contribution < -0.4 is 10.2 Å². The molecular weight excluding hydrogens is 342 g/mol. The van der Waals surface area contributed by atoms with E-state index in [1.54, 1.807) is 6.20 Å². The van der Waals surface area contributed by atoms with Crippen LogP contribution in [-0.2, 0) is 13.0 Å². The number of rotatable bonds is 3. The average molecular weight is 360 g/mol. The maximum absolute atomic E-state index is 11.8. The summed E-state index contributed by atoms with van der Waals surface area (Å²) in [5.41, 5.74) is 3.32. The van der Waals surface area contributed by atoms with Gasteiger partial charge in [0.15, 0.2) is 0 Å². The van der Waals surface area contributed by atoms with Gasteiger partial charge in [-0.3, -0.25) is 4.79 Å². The number of amides is 1. The summed E-state index contributed by atoms with van der Waals surface area (Å²) >= 11 is 3.63. The number of halogens is 1. The summed E-state index contributed by atoms with van der Waals surface area (Å²) in [5.74, 6) is 0.836. The molecule has 1 aliphatic rings. The van der Waals surface area contributed by atoms with Crippen LogP contribution in [0, 0.1) is 0 Å². The number of anilines is 1. The van der Waals surface area contributed by atoms with Gasteiger partial charge in [-0.2, -0.15) is 0 Å². The number of hydrogen-bond acceptors (Lipinski definition) is 3. The molecule has 114 valence electrons. The van der Waals surface area contributed by atoms with Crippen LogP contribution in [0.4, 0.5) is 5.82 Å². The predicted octanol–water partition coefficient (Wildman–Crippen LogP) is 3.16. The van der Waals surface area contributed by atoms with Crippen LogP contribution in [0.25, 0.3) is 0 Å². The minimum Gasteiger partial charge on any atom is -0.352 e. The van der Waals surface area contributed by atoms with Gasteiger partial charge in [-0.05, 0) is 42.7 Å². The second-order valence-electron chi connectivity index (χ2n) is 5.31. The molecule has 1 amide bonds. The van der Waals surface area contributed by atoms with Crippen molar-refractivity contribution in [3.63, 3.8) is 0 Å². The minimum atomic E-state index is -0.0757. The van der Waals surface area contributed by atoms with Crippen LogP contribution in [0.15, 0.2) is 41.0 Å². The molecule has 2 aromatic rings. The van der Waals surface area contributed by atoms with E-state index in [0.29, 0.717) is 12.1 Å². The molecule has 0 fully saturated rings. The van der Waals surface area contributed by atoms with Gasteiger partial charge in [-0.25, -0.2) is 4.98 Å². The Bertz CT molecular complexity index is 685. The Labute approximate surface area is 138 Å². The van der Waals surface area contributed by atoms with Crippen molar-refractivity contribution >= 4 is 27.7 Å². The van der Waals surface area contributed by atoms with Gasteiger partial charge in [0, 0.05) is 30.3 Å². The fourth-order valence-electron chi connectivity index (χ4n) is 2.71. The van der Waals surface area contributed by atoms with Crippen LogP contribution in [-0.4, -0.2) is 24.0 Å². The standard InChI is InChI=1S/C17H18BrN3O/c1-2-19-17(22)13-6-7-16(20-10-13)21-9-8-12-4-3-5-15(18)14(12)11-21/h3-7,10H,2,8-9,11H2,1H3,(H,19,22). The highest BCUT2D eigenvalue weighted by molar-refractivity contribution is 9.10. The molecule has 1 aromatic carbocycles. The molecule has 0 atom stereocenters. The lowest BCUT2D eigenvalue weighted by atomic mass is 10.00. The quantitative estimate of drug-likeness (QED) is 0.915. The van der Waals surface area contributed by atoms with E-state index in [4.69, 9.17) is 0 Å². The Morgan fingerprint density at radius 2 is 2.23 bits per heavy atom. The number of benzene rings is 1. The third-order valence-corrected chi connectivity index (χ3v) is 4.63. The van der Waals surface area contributed by atoms with Crippen LogP contribution in [0.5, 0.6) is 0 Å². The number of hydrogen-bond donors (Lipinski definition) is 1. The molecule has 3 rings (SSSR count). The first-order valence-corrected chi connectivity index (χ1v) is 8.24.